The average Bonchev–Trinajstić information content (AvgIpc) is 2.39. The van der Waals surface area contributed by atoms with Gasteiger partial charge in [-0.25, -0.2) is 13.1 Å². The van der Waals surface area contributed by atoms with Crippen LogP contribution in [0.15, 0.2) is 0 Å². The van der Waals surface area contributed by atoms with Gasteiger partial charge < -0.3 is 10.2 Å². The van der Waals surface area contributed by atoms with Gasteiger partial charge in [-0.2, -0.15) is 0 Å². The van der Waals surface area contributed by atoms with Crippen molar-refractivity contribution in [1.29, 1.82) is 0 Å². The predicted molar refractivity (Wildman–Crippen MR) is 80.0 cm³/mol. The Kier molecular flexibility index (Phi) is 6.91. The fourth-order valence-corrected chi connectivity index (χ4v) is 3.31. The van der Waals surface area contributed by atoms with Crippen LogP contribution in [0.3, 0.4) is 0 Å². The van der Waals surface area contributed by atoms with E-state index in [0.29, 0.717) is 32.4 Å². The van der Waals surface area contributed by atoms with Crippen molar-refractivity contribution in [2.45, 2.75) is 52.1 Å². The normalized spacial score (nSPS) is 19.1. The van der Waals surface area contributed by atoms with Gasteiger partial charge in [0.1, 0.15) is 0 Å². The molecule has 0 aromatic heterocycles. The van der Waals surface area contributed by atoms with Crippen LogP contribution in [0.1, 0.15) is 40.0 Å². The number of amides is 1. The summed E-state index contributed by atoms with van der Waals surface area (Å²) in [7, 11) is -3.15. The number of piperidine rings is 1. The maximum absolute atomic E-state index is 12.1. The Morgan fingerprint density at radius 2 is 1.90 bits per heavy atom. The lowest BCUT2D eigenvalue weighted by atomic mass is 10.1. The molecule has 1 atom stereocenters. The molecule has 1 fully saturated rings. The number of hydrogen-bond acceptors (Lipinski definition) is 4. The Morgan fingerprint density at radius 1 is 1.30 bits per heavy atom. The van der Waals surface area contributed by atoms with E-state index in [1.165, 1.54) is 0 Å². The summed E-state index contributed by atoms with van der Waals surface area (Å²) >= 11 is 0. The number of likely N-dealkylation sites (tertiary alicyclic amines) is 1. The van der Waals surface area contributed by atoms with E-state index in [1.54, 1.807) is 6.92 Å². The molecule has 6 nitrogen and oxygen atoms in total. The highest BCUT2D eigenvalue weighted by atomic mass is 32.2. The number of rotatable bonds is 7. The largest absolute Gasteiger partial charge is 0.343 e. The van der Waals surface area contributed by atoms with Crippen molar-refractivity contribution >= 4 is 15.9 Å². The molecule has 0 radical (unpaired) electrons. The zero-order valence-electron chi connectivity index (χ0n) is 12.7. The van der Waals surface area contributed by atoms with Gasteiger partial charge in [0.2, 0.25) is 15.9 Å². The van der Waals surface area contributed by atoms with Gasteiger partial charge in [-0.15, -0.1) is 0 Å². The second-order valence-corrected chi connectivity index (χ2v) is 7.38. The first kappa shape index (κ1) is 17.4. The van der Waals surface area contributed by atoms with Crippen molar-refractivity contribution in [1.82, 2.24) is 14.9 Å². The molecule has 0 bridgehead atoms. The quantitative estimate of drug-likeness (QED) is 0.709. The summed E-state index contributed by atoms with van der Waals surface area (Å²) in [5.74, 6) is 0.252. The molecule has 0 aromatic rings. The summed E-state index contributed by atoms with van der Waals surface area (Å²) in [5.41, 5.74) is 0. The molecule has 20 heavy (non-hydrogen) atoms. The minimum Gasteiger partial charge on any atom is -0.343 e. The summed E-state index contributed by atoms with van der Waals surface area (Å²) in [5, 5.41) is 3.22. The summed E-state index contributed by atoms with van der Waals surface area (Å²) in [4.78, 5) is 13.9. The Morgan fingerprint density at radius 3 is 2.40 bits per heavy atom. The van der Waals surface area contributed by atoms with Crippen molar-refractivity contribution in [3.63, 3.8) is 0 Å². The first-order valence-electron chi connectivity index (χ1n) is 7.39. The van der Waals surface area contributed by atoms with E-state index in [0.717, 1.165) is 6.54 Å². The standard InChI is InChI=1S/C13H27N3O3S/c1-4-14-11(3)10-13(17)16-8-6-12(7-9-16)15-20(18,19)5-2/h11-12,14-15H,4-10H2,1-3H3. The van der Waals surface area contributed by atoms with Crippen molar-refractivity contribution < 1.29 is 13.2 Å². The highest BCUT2D eigenvalue weighted by Gasteiger charge is 2.25. The molecule has 1 unspecified atom stereocenters. The van der Waals surface area contributed by atoms with Gasteiger partial charge in [-0.1, -0.05) is 6.92 Å². The van der Waals surface area contributed by atoms with Crippen LogP contribution >= 0.6 is 0 Å². The molecule has 0 spiro atoms. The van der Waals surface area contributed by atoms with Crippen LogP contribution < -0.4 is 10.0 Å². The van der Waals surface area contributed by atoms with E-state index in [4.69, 9.17) is 0 Å². The molecule has 1 rings (SSSR count). The van der Waals surface area contributed by atoms with Crippen molar-refractivity contribution in [2.24, 2.45) is 0 Å². The molecule has 1 aliphatic heterocycles. The Bertz CT molecular complexity index is 403. The van der Waals surface area contributed by atoms with Crippen LogP contribution in [0.4, 0.5) is 0 Å². The third-order valence-corrected chi connectivity index (χ3v) is 5.06. The SMILES string of the molecule is CCNC(C)CC(=O)N1CCC(NS(=O)(=O)CC)CC1. The first-order valence-corrected chi connectivity index (χ1v) is 9.04. The maximum Gasteiger partial charge on any atom is 0.224 e. The molecule has 1 amide bonds. The van der Waals surface area contributed by atoms with Crippen molar-refractivity contribution in [3.05, 3.63) is 0 Å². The minimum absolute atomic E-state index is 0.0322. The third kappa shape index (κ3) is 5.76. The molecule has 1 heterocycles. The summed E-state index contributed by atoms with van der Waals surface area (Å²) in [6, 6.07) is 0.152. The number of nitrogens with zero attached hydrogens (tertiary/aromatic N) is 1. The predicted octanol–water partition coefficient (Wildman–Crippen LogP) is 0.305. The van der Waals surface area contributed by atoms with Gasteiger partial charge in [0, 0.05) is 31.6 Å². The van der Waals surface area contributed by atoms with E-state index < -0.39 is 10.0 Å². The highest BCUT2D eigenvalue weighted by molar-refractivity contribution is 7.89. The molecule has 2 N–H and O–H groups in total. The minimum atomic E-state index is -3.15. The van der Waals surface area contributed by atoms with Crippen molar-refractivity contribution in [2.75, 3.05) is 25.4 Å². The van der Waals surface area contributed by atoms with Crippen LogP contribution in [0, 0.1) is 0 Å². The van der Waals surface area contributed by atoms with Gasteiger partial charge in [-0.3, -0.25) is 4.79 Å². The topological polar surface area (TPSA) is 78.5 Å². The molecule has 7 heteroatoms. The first-order chi connectivity index (χ1) is 9.38. The molecule has 0 saturated carbocycles. The molecular weight excluding hydrogens is 278 g/mol. The fraction of sp³-hybridized carbons (Fsp3) is 0.923. The number of carbonyl (C=O) groups is 1. The molecule has 1 saturated heterocycles. The monoisotopic (exact) mass is 305 g/mol. The highest BCUT2D eigenvalue weighted by Crippen LogP contribution is 2.13. The second kappa shape index (κ2) is 7.95. The van der Waals surface area contributed by atoms with E-state index in [9.17, 15) is 13.2 Å². The Hall–Kier alpha value is -0.660. The average molecular weight is 305 g/mol. The fourth-order valence-electron chi connectivity index (χ4n) is 2.40. The summed E-state index contributed by atoms with van der Waals surface area (Å²) < 4.78 is 25.7. The van der Waals surface area contributed by atoms with Crippen LogP contribution in [-0.2, 0) is 14.8 Å². The molecule has 118 valence electrons. The maximum atomic E-state index is 12.1. The zero-order valence-corrected chi connectivity index (χ0v) is 13.5. The van der Waals surface area contributed by atoms with Gasteiger partial charge in [0.05, 0.1) is 5.75 Å². The smallest absolute Gasteiger partial charge is 0.224 e. The Labute approximate surface area is 122 Å². The van der Waals surface area contributed by atoms with Gasteiger partial charge in [0.15, 0.2) is 0 Å². The number of sulfonamides is 1. The van der Waals surface area contributed by atoms with Gasteiger partial charge in [0.25, 0.3) is 0 Å². The lowest BCUT2D eigenvalue weighted by Gasteiger charge is -2.32. The van der Waals surface area contributed by atoms with Crippen LogP contribution in [-0.4, -0.2) is 56.7 Å². The molecule has 0 aromatic carbocycles. The molecule has 1 aliphatic rings. The lowest BCUT2D eigenvalue weighted by molar-refractivity contribution is -0.132. The summed E-state index contributed by atoms with van der Waals surface area (Å²) in [6.07, 6.45) is 1.89. The van der Waals surface area contributed by atoms with Gasteiger partial charge >= 0.3 is 0 Å². The molecule has 0 aliphatic carbocycles. The van der Waals surface area contributed by atoms with Gasteiger partial charge in [-0.05, 0) is 33.2 Å². The number of hydrogen-bond donors (Lipinski definition) is 2. The third-order valence-electron chi connectivity index (χ3n) is 3.61. The summed E-state index contributed by atoms with van der Waals surface area (Å²) in [6.45, 7) is 7.78. The Balaban J connectivity index is 2.36. The second-order valence-electron chi connectivity index (χ2n) is 5.34. The van der Waals surface area contributed by atoms with Crippen LogP contribution in [0.25, 0.3) is 0 Å². The van der Waals surface area contributed by atoms with E-state index in [2.05, 4.69) is 10.0 Å². The van der Waals surface area contributed by atoms with Crippen LogP contribution in [0.2, 0.25) is 0 Å². The van der Waals surface area contributed by atoms with E-state index in [1.807, 2.05) is 18.7 Å². The number of carbonyl (C=O) groups excluding carboxylic acids is 1. The van der Waals surface area contributed by atoms with E-state index in [-0.39, 0.29) is 23.7 Å². The zero-order chi connectivity index (χ0) is 15.2. The molecular formula is C13H27N3O3S. The number of nitrogens with one attached hydrogen (secondary N) is 2. The lowest BCUT2D eigenvalue weighted by Crippen LogP contribution is -2.47. The van der Waals surface area contributed by atoms with Crippen molar-refractivity contribution in [3.8, 4) is 0 Å². The van der Waals surface area contributed by atoms with Crippen LogP contribution in [0.5, 0.6) is 0 Å². The van der Waals surface area contributed by atoms with E-state index >= 15 is 0 Å².